The van der Waals surface area contributed by atoms with Gasteiger partial charge < -0.3 is 18.8 Å². The molecular weight excluding hydrogens is 360 g/mol. The van der Waals surface area contributed by atoms with Crippen molar-refractivity contribution in [3.05, 3.63) is 42.0 Å². The number of methoxy groups -OCH3 is 3. The van der Waals surface area contributed by atoms with Crippen LogP contribution in [-0.2, 0) is 7.05 Å². The molecule has 2 heterocycles. The van der Waals surface area contributed by atoms with Crippen LogP contribution in [0.4, 0.5) is 0 Å². The van der Waals surface area contributed by atoms with Gasteiger partial charge in [-0.25, -0.2) is 0 Å². The molecule has 0 bridgehead atoms. The molecule has 0 unspecified atom stereocenters. The van der Waals surface area contributed by atoms with Gasteiger partial charge in [-0.05, 0) is 18.2 Å². The molecule has 0 saturated carbocycles. The summed E-state index contributed by atoms with van der Waals surface area (Å²) in [7, 11) is 6.78. The van der Waals surface area contributed by atoms with Crippen LogP contribution in [0.25, 0.3) is 31.6 Å². The van der Waals surface area contributed by atoms with Crippen LogP contribution in [-0.4, -0.2) is 25.9 Å². The predicted molar refractivity (Wildman–Crippen MR) is 108 cm³/mol. The molecule has 2 aromatic heterocycles. The van der Waals surface area contributed by atoms with Crippen molar-refractivity contribution in [2.24, 2.45) is 7.05 Å². The summed E-state index contributed by atoms with van der Waals surface area (Å²) in [6, 6.07) is 14.3. The minimum Gasteiger partial charge on any atom is -0.493 e. The zero-order valence-corrected chi connectivity index (χ0v) is 16.3. The summed E-state index contributed by atoms with van der Waals surface area (Å²) in [4.78, 5) is 1.96. The topological polar surface area (TPSA) is 56.4 Å². The third kappa shape index (κ3) is 2.43. The predicted octanol–water partition coefficient (Wildman–Crippen LogP) is 4.96. The van der Waals surface area contributed by atoms with Crippen molar-refractivity contribution in [3.63, 3.8) is 0 Å². The number of nitrogens with zero attached hydrogens (tertiary/aromatic N) is 2. The first-order valence-corrected chi connectivity index (χ1v) is 9.16. The van der Waals surface area contributed by atoms with Gasteiger partial charge in [-0.3, -0.25) is 0 Å². The first-order chi connectivity index (χ1) is 13.1. The quantitative estimate of drug-likeness (QED) is 0.504. The third-order valence-electron chi connectivity index (χ3n) is 4.77. The zero-order chi connectivity index (χ0) is 19.1. The Morgan fingerprint density at radius 3 is 2.26 bits per heavy atom. The van der Waals surface area contributed by atoms with E-state index >= 15 is 0 Å². The Hall–Kier alpha value is -3.17. The van der Waals surface area contributed by atoms with Gasteiger partial charge in [0, 0.05) is 28.9 Å². The Kier molecular flexibility index (Phi) is 4.17. The Balaban J connectivity index is 2.06. The summed E-state index contributed by atoms with van der Waals surface area (Å²) >= 11 is 1.59. The average molecular weight is 378 g/mol. The van der Waals surface area contributed by atoms with Gasteiger partial charge >= 0.3 is 0 Å². The Morgan fingerprint density at radius 1 is 1.00 bits per heavy atom. The molecule has 0 aliphatic heterocycles. The number of rotatable bonds is 4. The highest BCUT2D eigenvalue weighted by Gasteiger charge is 2.22. The van der Waals surface area contributed by atoms with E-state index in [1.54, 1.807) is 32.7 Å². The van der Waals surface area contributed by atoms with Gasteiger partial charge in [0.25, 0.3) is 0 Å². The van der Waals surface area contributed by atoms with Gasteiger partial charge in [-0.2, -0.15) is 5.26 Å². The molecular formula is C21H18N2O3S. The number of ether oxygens (including phenoxy) is 3. The smallest absolute Gasteiger partial charge is 0.203 e. The van der Waals surface area contributed by atoms with Crippen LogP contribution in [0.15, 0.2) is 36.4 Å². The summed E-state index contributed by atoms with van der Waals surface area (Å²) in [6.45, 7) is 0. The maximum atomic E-state index is 9.95. The number of hydrogen-bond acceptors (Lipinski definition) is 5. The number of thiophene rings is 1. The Morgan fingerprint density at radius 2 is 1.67 bits per heavy atom. The van der Waals surface area contributed by atoms with Crippen molar-refractivity contribution in [3.8, 4) is 33.8 Å². The molecule has 5 nitrogen and oxygen atoms in total. The van der Waals surface area contributed by atoms with Crippen molar-refractivity contribution in [1.82, 2.24) is 4.57 Å². The standard InChI is InChI=1S/C21H18N2O3S/c1-23-15-8-6-5-7-13(15)18-14(11-22)20(27-21(18)23)12-9-16(24-2)19(26-4)17(10-12)25-3/h5-10H,1-4H3. The monoisotopic (exact) mass is 378 g/mol. The van der Waals surface area contributed by atoms with Crippen LogP contribution in [0.1, 0.15) is 5.56 Å². The van der Waals surface area contributed by atoms with Crippen molar-refractivity contribution in [2.75, 3.05) is 21.3 Å². The fourth-order valence-electron chi connectivity index (χ4n) is 3.51. The maximum Gasteiger partial charge on any atom is 0.203 e. The molecule has 136 valence electrons. The van der Waals surface area contributed by atoms with Gasteiger partial charge in [0.1, 0.15) is 10.9 Å². The van der Waals surface area contributed by atoms with Crippen molar-refractivity contribution < 1.29 is 14.2 Å². The molecule has 6 heteroatoms. The molecule has 0 aliphatic rings. The Bertz CT molecular complexity index is 1190. The largest absolute Gasteiger partial charge is 0.493 e. The summed E-state index contributed by atoms with van der Waals surface area (Å²) in [5, 5.41) is 12.0. The van der Waals surface area contributed by atoms with Crippen LogP contribution in [0.3, 0.4) is 0 Å². The molecule has 0 saturated heterocycles. The van der Waals surface area contributed by atoms with E-state index in [1.165, 1.54) is 0 Å². The van der Waals surface area contributed by atoms with E-state index < -0.39 is 0 Å². The highest BCUT2D eigenvalue weighted by Crippen LogP contribution is 2.47. The van der Waals surface area contributed by atoms with Crippen LogP contribution >= 0.6 is 11.3 Å². The van der Waals surface area contributed by atoms with E-state index in [-0.39, 0.29) is 0 Å². The lowest BCUT2D eigenvalue weighted by Gasteiger charge is -2.13. The molecule has 27 heavy (non-hydrogen) atoms. The SMILES string of the molecule is COc1cc(-c2sc3c(c2C#N)c2ccccc2n3C)cc(OC)c1OC. The number of para-hydroxylation sites is 1. The summed E-state index contributed by atoms with van der Waals surface area (Å²) in [6.07, 6.45) is 0. The maximum absolute atomic E-state index is 9.95. The number of fused-ring (bicyclic) bond motifs is 3. The second-order valence-electron chi connectivity index (χ2n) is 6.09. The second-order valence-corrected chi connectivity index (χ2v) is 7.09. The van der Waals surface area contributed by atoms with Crippen molar-refractivity contribution in [2.45, 2.75) is 0 Å². The summed E-state index contributed by atoms with van der Waals surface area (Å²) in [5.74, 6) is 1.67. The van der Waals surface area contributed by atoms with Crippen LogP contribution in [0.2, 0.25) is 0 Å². The minimum absolute atomic E-state index is 0.536. The highest BCUT2D eigenvalue weighted by molar-refractivity contribution is 7.22. The molecule has 0 N–H and O–H groups in total. The summed E-state index contributed by atoms with van der Waals surface area (Å²) < 4.78 is 18.5. The van der Waals surface area contributed by atoms with Gasteiger partial charge in [-0.15, -0.1) is 11.3 Å². The number of benzene rings is 2. The van der Waals surface area contributed by atoms with E-state index in [0.29, 0.717) is 22.8 Å². The van der Waals surface area contributed by atoms with E-state index in [4.69, 9.17) is 14.2 Å². The molecule has 0 radical (unpaired) electrons. The number of aromatic nitrogens is 1. The first kappa shape index (κ1) is 17.3. The lowest BCUT2D eigenvalue weighted by Crippen LogP contribution is -1.95. The van der Waals surface area contributed by atoms with Crippen LogP contribution < -0.4 is 14.2 Å². The molecule has 2 aromatic carbocycles. The highest BCUT2D eigenvalue weighted by atomic mass is 32.1. The lowest BCUT2D eigenvalue weighted by molar-refractivity contribution is 0.324. The normalized spacial score (nSPS) is 10.9. The molecule has 4 aromatic rings. The van der Waals surface area contributed by atoms with E-state index in [0.717, 1.165) is 31.6 Å². The third-order valence-corrected chi connectivity index (χ3v) is 6.08. The molecule has 0 spiro atoms. The van der Waals surface area contributed by atoms with E-state index in [1.807, 2.05) is 31.3 Å². The Labute approximate surface area is 160 Å². The average Bonchev–Trinajstić information content (AvgIpc) is 3.22. The molecule has 0 atom stereocenters. The van der Waals surface area contributed by atoms with Crippen molar-refractivity contribution in [1.29, 1.82) is 5.26 Å². The first-order valence-electron chi connectivity index (χ1n) is 8.35. The van der Waals surface area contributed by atoms with E-state index in [9.17, 15) is 5.26 Å². The molecule has 4 rings (SSSR count). The zero-order valence-electron chi connectivity index (χ0n) is 15.5. The van der Waals surface area contributed by atoms with E-state index in [2.05, 4.69) is 22.8 Å². The van der Waals surface area contributed by atoms with Gasteiger partial charge in [0.05, 0.1) is 31.8 Å². The van der Waals surface area contributed by atoms with Gasteiger partial charge in [0.15, 0.2) is 11.5 Å². The van der Waals surface area contributed by atoms with Gasteiger partial charge in [0.2, 0.25) is 5.75 Å². The fraction of sp³-hybridized carbons (Fsp3) is 0.190. The van der Waals surface area contributed by atoms with Crippen molar-refractivity contribution >= 4 is 32.5 Å². The second kappa shape index (κ2) is 6.53. The lowest BCUT2D eigenvalue weighted by atomic mass is 10.1. The van der Waals surface area contributed by atoms with Gasteiger partial charge in [-0.1, -0.05) is 18.2 Å². The molecule has 0 fully saturated rings. The molecule has 0 amide bonds. The number of aryl methyl sites for hydroxylation is 1. The number of nitriles is 1. The number of hydrogen-bond donors (Lipinski definition) is 0. The molecule has 0 aliphatic carbocycles. The minimum atomic E-state index is 0.536. The fourth-order valence-corrected chi connectivity index (χ4v) is 4.74. The van der Waals surface area contributed by atoms with Crippen LogP contribution in [0, 0.1) is 11.3 Å². The summed E-state index contributed by atoms with van der Waals surface area (Å²) in [5.41, 5.74) is 2.65. The van der Waals surface area contributed by atoms with Crippen LogP contribution in [0.5, 0.6) is 17.2 Å².